The van der Waals surface area contributed by atoms with E-state index in [9.17, 15) is 17.6 Å². The highest BCUT2D eigenvalue weighted by Crippen LogP contribution is 2.34. The van der Waals surface area contributed by atoms with Crippen molar-refractivity contribution in [3.8, 4) is 17.0 Å². The lowest BCUT2D eigenvalue weighted by Gasteiger charge is -2.32. The van der Waals surface area contributed by atoms with Gasteiger partial charge in [0.05, 0.1) is 25.2 Å². The molecule has 4 aromatic rings. The maximum absolute atomic E-state index is 15.0. The summed E-state index contributed by atoms with van der Waals surface area (Å²) >= 11 is 0. The van der Waals surface area contributed by atoms with Crippen LogP contribution in [0.4, 0.5) is 23.5 Å². The zero-order valence-corrected chi connectivity index (χ0v) is 19.5. The fraction of sp³-hybridized carbons (Fsp3) is 0.435. The Balaban J connectivity index is 1.56. The Kier molecular flexibility index (Phi) is 5.99. The zero-order valence-electron chi connectivity index (χ0n) is 19.5. The lowest BCUT2D eigenvalue weighted by Crippen LogP contribution is -2.46. The van der Waals surface area contributed by atoms with Gasteiger partial charge in [-0.1, -0.05) is 0 Å². The van der Waals surface area contributed by atoms with Gasteiger partial charge in [-0.25, -0.2) is 27.1 Å². The van der Waals surface area contributed by atoms with Crippen LogP contribution in [0.2, 0.25) is 0 Å². The number of nitrogens with one attached hydrogen (secondary N) is 1. The molecule has 1 saturated heterocycles. The van der Waals surface area contributed by atoms with E-state index >= 15 is 0 Å². The van der Waals surface area contributed by atoms with Gasteiger partial charge in [0.25, 0.3) is 6.43 Å². The highest BCUT2D eigenvalue weighted by molar-refractivity contribution is 5.90. The average Bonchev–Trinajstić information content (AvgIpc) is 3.37. The largest absolute Gasteiger partial charge is 0.479 e. The minimum Gasteiger partial charge on any atom is -0.479 e. The molecule has 1 aliphatic rings. The smallest absolute Gasteiger partial charge is 0.256 e. The number of piperidine rings is 1. The monoisotopic (exact) mass is 491 g/mol. The van der Waals surface area contributed by atoms with E-state index in [1.165, 1.54) is 22.3 Å². The second-order valence-electron chi connectivity index (χ2n) is 8.77. The van der Waals surface area contributed by atoms with Crippen LogP contribution < -0.4 is 10.1 Å². The molecule has 4 heterocycles. The van der Waals surface area contributed by atoms with Gasteiger partial charge in [0.15, 0.2) is 5.82 Å². The Labute approximate surface area is 198 Å². The molecule has 0 bridgehead atoms. The average molecular weight is 491 g/mol. The quantitative estimate of drug-likeness (QED) is 0.413. The van der Waals surface area contributed by atoms with E-state index in [2.05, 4.69) is 20.4 Å². The molecule has 5 rings (SSSR count). The van der Waals surface area contributed by atoms with Gasteiger partial charge in [0, 0.05) is 24.8 Å². The predicted octanol–water partition coefficient (Wildman–Crippen LogP) is 3.92. The van der Waals surface area contributed by atoms with Gasteiger partial charge in [0.2, 0.25) is 11.8 Å². The number of nitrogens with zero attached hydrogens (tertiary/aromatic N) is 6. The first-order valence-corrected chi connectivity index (χ1v) is 11.2. The number of methoxy groups -OCH3 is 1. The van der Waals surface area contributed by atoms with Crippen LogP contribution >= 0.6 is 0 Å². The number of aryl methyl sites for hydroxylation is 1. The SMILES string of the molecule is COc1nc(N[C@H]2CCN(C)C[C@@H]2F)nn2ccc(-c3cc(F)c4nc(C)n(CC(F)F)c4c3)c12. The number of rotatable bonds is 6. The van der Waals surface area contributed by atoms with Crippen molar-refractivity contribution in [2.45, 2.75) is 38.5 Å². The molecule has 35 heavy (non-hydrogen) atoms. The highest BCUT2D eigenvalue weighted by atomic mass is 19.3. The Hall–Kier alpha value is -3.41. The first kappa shape index (κ1) is 23.3. The molecule has 2 atom stereocenters. The van der Waals surface area contributed by atoms with Crippen molar-refractivity contribution in [3.63, 3.8) is 0 Å². The molecule has 0 aliphatic carbocycles. The van der Waals surface area contributed by atoms with Gasteiger partial charge < -0.3 is 19.5 Å². The summed E-state index contributed by atoms with van der Waals surface area (Å²) in [6.45, 7) is 2.05. The van der Waals surface area contributed by atoms with Crippen molar-refractivity contribution < 1.29 is 22.3 Å². The fourth-order valence-corrected chi connectivity index (χ4v) is 4.63. The van der Waals surface area contributed by atoms with Crippen LogP contribution in [0.25, 0.3) is 27.7 Å². The minimum absolute atomic E-state index is 0.0315. The van der Waals surface area contributed by atoms with Crippen LogP contribution in [-0.2, 0) is 6.54 Å². The lowest BCUT2D eigenvalue weighted by molar-refractivity contribution is 0.127. The number of hydrogen-bond donors (Lipinski definition) is 1. The normalized spacial score (nSPS) is 19.2. The van der Waals surface area contributed by atoms with E-state index in [0.717, 1.165) is 6.54 Å². The topological polar surface area (TPSA) is 72.5 Å². The predicted molar refractivity (Wildman–Crippen MR) is 123 cm³/mol. The molecule has 0 spiro atoms. The summed E-state index contributed by atoms with van der Waals surface area (Å²) in [5.74, 6) is 0.0989. The summed E-state index contributed by atoms with van der Waals surface area (Å²) < 4.78 is 64.0. The molecule has 0 saturated carbocycles. The Morgan fingerprint density at radius 2 is 2.06 bits per heavy atom. The molecular formula is C23H25F4N7O. The molecular weight excluding hydrogens is 466 g/mol. The van der Waals surface area contributed by atoms with Crippen molar-refractivity contribution in [1.29, 1.82) is 0 Å². The van der Waals surface area contributed by atoms with Gasteiger partial charge >= 0.3 is 0 Å². The number of aromatic nitrogens is 5. The van der Waals surface area contributed by atoms with Crippen molar-refractivity contribution in [1.82, 2.24) is 29.0 Å². The van der Waals surface area contributed by atoms with Crippen LogP contribution in [0.3, 0.4) is 0 Å². The number of fused-ring (bicyclic) bond motifs is 2. The van der Waals surface area contributed by atoms with Crippen molar-refractivity contribution in [2.24, 2.45) is 0 Å². The second kappa shape index (κ2) is 8.99. The van der Waals surface area contributed by atoms with Crippen LogP contribution in [-0.4, -0.2) is 74.9 Å². The van der Waals surface area contributed by atoms with E-state index < -0.39 is 31.0 Å². The van der Waals surface area contributed by atoms with Gasteiger partial charge in [-0.3, -0.25) is 0 Å². The second-order valence-corrected chi connectivity index (χ2v) is 8.77. The van der Waals surface area contributed by atoms with Gasteiger partial charge in [-0.15, -0.1) is 5.10 Å². The van der Waals surface area contributed by atoms with Crippen LogP contribution in [0.15, 0.2) is 24.4 Å². The molecule has 12 heteroatoms. The summed E-state index contributed by atoms with van der Waals surface area (Å²) in [4.78, 5) is 10.5. The molecule has 0 amide bonds. The van der Waals surface area contributed by atoms with E-state index in [0.29, 0.717) is 35.4 Å². The molecule has 1 aliphatic heterocycles. The van der Waals surface area contributed by atoms with E-state index in [4.69, 9.17) is 4.74 Å². The van der Waals surface area contributed by atoms with Crippen LogP contribution in [0.5, 0.6) is 5.88 Å². The summed E-state index contributed by atoms with van der Waals surface area (Å²) in [6, 6.07) is 4.20. The van der Waals surface area contributed by atoms with Crippen molar-refractivity contribution in [3.05, 3.63) is 36.0 Å². The number of benzene rings is 1. The molecule has 1 N–H and O–H groups in total. The lowest BCUT2D eigenvalue weighted by atomic mass is 10.0. The standard InChI is InChI=1S/C23H25F4N7O/c1-12-28-20-15(24)8-13(9-18(20)33(12)11-19(26)27)14-4-7-34-21(14)22(35-3)30-23(31-34)29-17-5-6-32(2)10-16(17)25/h4,7-9,16-17,19H,5-6,10-11H2,1-3H3,(H,29,31)/t16-,17-/m0/s1. The zero-order chi connectivity index (χ0) is 24.9. The highest BCUT2D eigenvalue weighted by Gasteiger charge is 2.28. The number of ether oxygens (including phenoxy) is 1. The Morgan fingerprint density at radius 1 is 1.26 bits per heavy atom. The third-order valence-electron chi connectivity index (χ3n) is 6.36. The minimum atomic E-state index is -2.61. The third kappa shape index (κ3) is 4.26. The number of alkyl halides is 3. The number of imidazole rings is 1. The fourth-order valence-electron chi connectivity index (χ4n) is 4.63. The molecule has 0 radical (unpaired) electrons. The Bertz CT molecular complexity index is 1390. The summed E-state index contributed by atoms with van der Waals surface area (Å²) in [5, 5.41) is 7.51. The van der Waals surface area contributed by atoms with Crippen molar-refractivity contribution in [2.75, 3.05) is 32.6 Å². The molecule has 0 unspecified atom stereocenters. The first-order valence-electron chi connectivity index (χ1n) is 11.2. The van der Waals surface area contributed by atoms with Crippen LogP contribution in [0, 0.1) is 12.7 Å². The molecule has 8 nitrogen and oxygen atoms in total. The van der Waals surface area contributed by atoms with Crippen LogP contribution in [0.1, 0.15) is 12.2 Å². The molecule has 1 fully saturated rings. The van der Waals surface area contributed by atoms with Gasteiger partial charge in [-0.05, 0) is 44.2 Å². The first-order chi connectivity index (χ1) is 16.7. The molecule has 1 aromatic carbocycles. The molecule has 186 valence electrons. The summed E-state index contributed by atoms with van der Waals surface area (Å²) in [6.07, 6.45) is -1.43. The number of hydrogen-bond acceptors (Lipinski definition) is 6. The number of halogens is 4. The number of likely N-dealkylation sites (tertiary alicyclic amines) is 1. The third-order valence-corrected chi connectivity index (χ3v) is 6.36. The van der Waals surface area contributed by atoms with Gasteiger partial charge in [-0.2, -0.15) is 4.98 Å². The maximum Gasteiger partial charge on any atom is 0.256 e. The van der Waals surface area contributed by atoms with Gasteiger partial charge in [0.1, 0.15) is 23.0 Å². The summed E-state index contributed by atoms with van der Waals surface area (Å²) in [7, 11) is 3.32. The summed E-state index contributed by atoms with van der Waals surface area (Å²) in [5.41, 5.74) is 1.76. The van der Waals surface area contributed by atoms with E-state index in [1.54, 1.807) is 25.3 Å². The number of anilines is 1. The van der Waals surface area contributed by atoms with Crippen molar-refractivity contribution >= 4 is 22.5 Å². The van der Waals surface area contributed by atoms with E-state index in [-0.39, 0.29) is 22.9 Å². The Morgan fingerprint density at radius 3 is 2.77 bits per heavy atom. The maximum atomic E-state index is 15.0. The molecule has 3 aromatic heterocycles. The van der Waals surface area contributed by atoms with E-state index in [1.807, 2.05) is 11.9 Å².